The third-order valence-electron chi connectivity index (χ3n) is 4.62. The Morgan fingerprint density at radius 2 is 1.93 bits per heavy atom. The summed E-state index contributed by atoms with van der Waals surface area (Å²) in [6.07, 6.45) is 1.53. The largest absolute Gasteiger partial charge is 0.351 e. The van der Waals surface area contributed by atoms with Gasteiger partial charge in [-0.15, -0.1) is 5.10 Å². The van der Waals surface area contributed by atoms with Crippen LogP contribution < -0.4 is 5.32 Å². The second-order valence-electron chi connectivity index (χ2n) is 8.48. The fourth-order valence-corrected chi connectivity index (χ4v) is 3.48. The molecule has 2 aromatic carbocycles. The van der Waals surface area contributed by atoms with E-state index in [2.05, 4.69) is 58.6 Å². The lowest BCUT2D eigenvalue weighted by atomic mass is 9.92. The van der Waals surface area contributed by atoms with E-state index in [-0.39, 0.29) is 11.3 Å². The number of nitrogens with zero attached hydrogens (tertiary/aromatic N) is 5. The molecule has 1 heterocycles. The number of tetrazole rings is 1. The van der Waals surface area contributed by atoms with Crippen LogP contribution >= 0.6 is 0 Å². The summed E-state index contributed by atoms with van der Waals surface area (Å²) >= 11 is 0. The summed E-state index contributed by atoms with van der Waals surface area (Å²) in [5, 5.41) is 14.5. The van der Waals surface area contributed by atoms with Crippen molar-refractivity contribution in [3.8, 4) is 16.8 Å². The van der Waals surface area contributed by atoms with Gasteiger partial charge in [0.05, 0.1) is 5.69 Å². The van der Waals surface area contributed by atoms with E-state index in [0.29, 0.717) is 12.1 Å². The minimum atomic E-state index is -0.111. The topological polar surface area (TPSA) is 75.9 Å². The Morgan fingerprint density at radius 1 is 1.14 bits per heavy atom. The van der Waals surface area contributed by atoms with E-state index in [1.165, 1.54) is 6.33 Å². The van der Waals surface area contributed by atoms with E-state index in [9.17, 15) is 4.79 Å². The van der Waals surface area contributed by atoms with Gasteiger partial charge in [0.1, 0.15) is 6.33 Å². The number of aryl methyl sites for hydroxylation is 1. The van der Waals surface area contributed by atoms with Crippen molar-refractivity contribution >= 4 is 5.91 Å². The third-order valence-corrected chi connectivity index (χ3v) is 4.62. The Labute approximate surface area is 171 Å². The number of nitrogens with one attached hydrogen (secondary N) is 1. The van der Waals surface area contributed by atoms with Crippen LogP contribution in [0.25, 0.3) is 16.8 Å². The molecule has 0 spiro atoms. The number of hydrogen-bond donors (Lipinski definition) is 1. The summed E-state index contributed by atoms with van der Waals surface area (Å²) in [5.41, 5.74) is 4.43. The highest BCUT2D eigenvalue weighted by Crippen LogP contribution is 2.25. The van der Waals surface area contributed by atoms with Crippen molar-refractivity contribution in [1.29, 1.82) is 0 Å². The Balaban J connectivity index is 1.92. The van der Waals surface area contributed by atoms with Crippen LogP contribution in [0.3, 0.4) is 0 Å². The SMILES string of the molecule is Cc1cccc(-c2cc(C(=O)NCC(C)(C)CN(C)C)cc(-n3cnnn3)c2)c1. The number of carbonyl (C=O) groups excluding carboxylic acids is 1. The maximum atomic E-state index is 13.0. The second-order valence-corrected chi connectivity index (χ2v) is 8.48. The van der Waals surface area contributed by atoms with Crippen molar-refractivity contribution in [2.24, 2.45) is 5.41 Å². The van der Waals surface area contributed by atoms with Crippen LogP contribution in [0.15, 0.2) is 48.8 Å². The standard InChI is InChI=1S/C22H28N6O/c1-16-7-6-8-17(9-16)18-10-19(12-20(11-18)28-15-24-25-26-28)21(29)23-13-22(2,3)14-27(4)5/h6-12,15H,13-14H2,1-5H3,(H,23,29). The average Bonchev–Trinajstić information content (AvgIpc) is 3.20. The Morgan fingerprint density at radius 3 is 2.59 bits per heavy atom. The summed E-state index contributed by atoms with van der Waals surface area (Å²) in [5.74, 6) is -0.111. The molecule has 3 rings (SSSR count). The van der Waals surface area contributed by atoms with Gasteiger partial charge in [0.2, 0.25) is 0 Å². The quantitative estimate of drug-likeness (QED) is 0.669. The minimum absolute atomic E-state index is 0.0357. The first-order valence-corrected chi connectivity index (χ1v) is 9.62. The number of benzene rings is 2. The van der Waals surface area contributed by atoms with E-state index in [0.717, 1.165) is 28.9 Å². The molecule has 1 amide bonds. The number of aromatic nitrogens is 4. The zero-order valence-corrected chi connectivity index (χ0v) is 17.7. The van der Waals surface area contributed by atoms with Crippen LogP contribution in [0.1, 0.15) is 29.8 Å². The number of carbonyl (C=O) groups is 1. The predicted molar refractivity (Wildman–Crippen MR) is 114 cm³/mol. The van der Waals surface area contributed by atoms with E-state index in [4.69, 9.17) is 0 Å². The Hall–Kier alpha value is -3.06. The van der Waals surface area contributed by atoms with E-state index in [1.807, 2.05) is 44.4 Å². The van der Waals surface area contributed by atoms with Gasteiger partial charge >= 0.3 is 0 Å². The molecule has 0 fully saturated rings. The lowest BCUT2D eigenvalue weighted by molar-refractivity contribution is 0.0929. The highest BCUT2D eigenvalue weighted by atomic mass is 16.1. The highest BCUT2D eigenvalue weighted by Gasteiger charge is 2.21. The van der Waals surface area contributed by atoms with Gasteiger partial charge in [0.15, 0.2) is 0 Å². The van der Waals surface area contributed by atoms with E-state index < -0.39 is 0 Å². The van der Waals surface area contributed by atoms with Gasteiger partial charge in [-0.1, -0.05) is 43.7 Å². The molecule has 0 bridgehead atoms. The maximum absolute atomic E-state index is 13.0. The van der Waals surface area contributed by atoms with Crippen molar-refractivity contribution in [1.82, 2.24) is 30.4 Å². The Bertz CT molecular complexity index is 979. The maximum Gasteiger partial charge on any atom is 0.251 e. The van der Waals surface area contributed by atoms with E-state index >= 15 is 0 Å². The first-order chi connectivity index (χ1) is 13.7. The zero-order chi connectivity index (χ0) is 21.0. The molecule has 7 nitrogen and oxygen atoms in total. The third kappa shape index (κ3) is 5.48. The summed E-state index contributed by atoms with van der Waals surface area (Å²) in [6.45, 7) is 7.80. The second kappa shape index (κ2) is 8.53. The molecule has 0 radical (unpaired) electrons. The van der Waals surface area contributed by atoms with Crippen molar-refractivity contribution in [3.63, 3.8) is 0 Å². The molecule has 0 aliphatic heterocycles. The predicted octanol–water partition coefficient (Wildman–Crippen LogP) is 2.96. The molecule has 0 unspecified atom stereocenters. The molecule has 7 heteroatoms. The fourth-order valence-electron chi connectivity index (χ4n) is 3.48. The molecule has 29 heavy (non-hydrogen) atoms. The normalized spacial score (nSPS) is 11.7. The lowest BCUT2D eigenvalue weighted by Gasteiger charge is -2.28. The molecule has 152 valence electrons. The molecule has 3 aromatic rings. The van der Waals surface area contributed by atoms with Gasteiger partial charge in [-0.25, -0.2) is 4.68 Å². The van der Waals surface area contributed by atoms with Crippen LogP contribution in [0.4, 0.5) is 0 Å². The van der Waals surface area contributed by atoms with Crippen LogP contribution in [-0.2, 0) is 0 Å². The molecule has 1 aromatic heterocycles. The zero-order valence-electron chi connectivity index (χ0n) is 17.7. The number of rotatable bonds is 7. The number of amides is 1. The molecule has 0 aliphatic carbocycles. The van der Waals surface area contributed by atoms with Gasteiger partial charge < -0.3 is 10.2 Å². The van der Waals surface area contributed by atoms with Gasteiger partial charge in [-0.2, -0.15) is 0 Å². The molecule has 0 saturated carbocycles. The van der Waals surface area contributed by atoms with Crippen molar-refractivity contribution < 1.29 is 4.79 Å². The minimum Gasteiger partial charge on any atom is -0.351 e. The van der Waals surface area contributed by atoms with Gasteiger partial charge in [-0.05, 0) is 66.2 Å². The van der Waals surface area contributed by atoms with Gasteiger partial charge in [0, 0.05) is 18.7 Å². The highest BCUT2D eigenvalue weighted by molar-refractivity contribution is 5.96. The van der Waals surface area contributed by atoms with Crippen molar-refractivity contribution in [3.05, 3.63) is 59.9 Å². The summed E-state index contributed by atoms with van der Waals surface area (Å²) in [7, 11) is 4.07. The Kier molecular flexibility index (Phi) is 6.08. The molecule has 0 aliphatic rings. The van der Waals surface area contributed by atoms with Gasteiger partial charge in [0.25, 0.3) is 5.91 Å². The lowest BCUT2D eigenvalue weighted by Crippen LogP contribution is -2.40. The van der Waals surface area contributed by atoms with Crippen LogP contribution in [0.2, 0.25) is 0 Å². The van der Waals surface area contributed by atoms with Crippen molar-refractivity contribution in [2.45, 2.75) is 20.8 Å². The summed E-state index contributed by atoms with van der Waals surface area (Å²) in [6, 6.07) is 13.9. The molecular formula is C22H28N6O. The molecule has 0 atom stereocenters. The van der Waals surface area contributed by atoms with Crippen LogP contribution in [-0.4, -0.2) is 58.2 Å². The van der Waals surface area contributed by atoms with Crippen molar-refractivity contribution in [2.75, 3.05) is 27.2 Å². The smallest absolute Gasteiger partial charge is 0.251 e. The summed E-state index contributed by atoms with van der Waals surface area (Å²) in [4.78, 5) is 15.1. The monoisotopic (exact) mass is 392 g/mol. The van der Waals surface area contributed by atoms with Gasteiger partial charge in [-0.3, -0.25) is 4.79 Å². The fraction of sp³-hybridized carbons (Fsp3) is 0.364. The molecule has 1 N–H and O–H groups in total. The average molecular weight is 393 g/mol. The summed E-state index contributed by atoms with van der Waals surface area (Å²) < 4.78 is 1.56. The molecule has 0 saturated heterocycles. The van der Waals surface area contributed by atoms with Crippen LogP contribution in [0, 0.1) is 12.3 Å². The van der Waals surface area contributed by atoms with E-state index in [1.54, 1.807) is 4.68 Å². The first-order valence-electron chi connectivity index (χ1n) is 9.62. The number of hydrogen-bond acceptors (Lipinski definition) is 5. The molecular weight excluding hydrogens is 364 g/mol. The first kappa shape index (κ1) is 20.7. The van der Waals surface area contributed by atoms with Crippen LogP contribution in [0.5, 0.6) is 0 Å².